The summed E-state index contributed by atoms with van der Waals surface area (Å²) in [6.45, 7) is 0. The predicted octanol–water partition coefficient (Wildman–Crippen LogP) is -0.485. The van der Waals surface area contributed by atoms with Crippen molar-refractivity contribution < 1.29 is 11.0 Å². The molecular formula is C2H4CaO2. The summed E-state index contributed by atoms with van der Waals surface area (Å²) in [5.41, 5.74) is 0. The second-order valence-electron chi connectivity index (χ2n) is 0. The van der Waals surface area contributed by atoms with Gasteiger partial charge in [0.1, 0.15) is 0 Å². The first-order valence-corrected chi connectivity index (χ1v) is 0.333. The van der Waals surface area contributed by atoms with Gasteiger partial charge in [0.2, 0.25) is 0 Å². The maximum Gasteiger partial charge on any atom is 2.00 e. The fourth-order valence-corrected chi connectivity index (χ4v) is 0. The van der Waals surface area contributed by atoms with Crippen LogP contribution in [-0.4, -0.2) is 48.7 Å². The number of terminal acetylenes is 1. The molecule has 3 heteroatoms. The Morgan fingerprint density at radius 3 is 0.800 bits per heavy atom. The molecule has 0 spiro atoms. The van der Waals surface area contributed by atoms with Gasteiger partial charge in [0, 0.05) is 0 Å². The summed E-state index contributed by atoms with van der Waals surface area (Å²) in [6, 6.07) is 0. The van der Waals surface area contributed by atoms with Crippen LogP contribution in [0.25, 0.3) is 0 Å². The molecular weight excluding hydrogens is 96.1 g/mol. The molecule has 0 bridgehead atoms. The zero-order valence-corrected chi connectivity index (χ0v) is 4.96. The molecule has 2 N–H and O–H groups in total. The second-order valence-corrected chi connectivity index (χ2v) is 0. The SMILES string of the molecule is C#C.[Ca+2].[OH-].[OH-]. The first kappa shape index (κ1) is 42.6. The van der Waals surface area contributed by atoms with Crippen LogP contribution in [0.3, 0.4) is 0 Å². The van der Waals surface area contributed by atoms with Gasteiger partial charge in [-0.1, -0.05) is 0 Å². The molecule has 0 unspecified atom stereocenters. The number of hydrogen-bond acceptors (Lipinski definition) is 2. The largest absolute Gasteiger partial charge is 2.00 e. The van der Waals surface area contributed by atoms with Crippen LogP contribution >= 0.6 is 0 Å². The van der Waals surface area contributed by atoms with Crippen LogP contribution in [0.15, 0.2) is 0 Å². The molecule has 0 aromatic heterocycles. The minimum Gasteiger partial charge on any atom is -0.870 e. The van der Waals surface area contributed by atoms with Crippen LogP contribution in [0, 0.1) is 12.8 Å². The average molecular weight is 100 g/mol. The molecule has 0 amide bonds. The van der Waals surface area contributed by atoms with Crippen LogP contribution in [-0.2, 0) is 0 Å². The van der Waals surface area contributed by atoms with Crippen LogP contribution in [0.1, 0.15) is 0 Å². The molecule has 0 aliphatic carbocycles. The van der Waals surface area contributed by atoms with Crippen molar-refractivity contribution >= 4 is 37.7 Å². The van der Waals surface area contributed by atoms with E-state index in [2.05, 4.69) is 12.8 Å². The quantitative estimate of drug-likeness (QED) is 0.305. The standard InChI is InChI=1S/C2H2.Ca.2H2O/c1-2;;;/h1-2H;;2*1H2/q;+2;;/p-2. The van der Waals surface area contributed by atoms with Crippen molar-refractivity contribution in [1.29, 1.82) is 0 Å². The molecule has 0 atom stereocenters. The van der Waals surface area contributed by atoms with Gasteiger partial charge in [-0.3, -0.25) is 0 Å². The van der Waals surface area contributed by atoms with Gasteiger partial charge in [0.05, 0.1) is 0 Å². The van der Waals surface area contributed by atoms with Crippen molar-refractivity contribution in [2.75, 3.05) is 0 Å². The summed E-state index contributed by atoms with van der Waals surface area (Å²) in [5.74, 6) is 0. The Morgan fingerprint density at radius 1 is 0.800 bits per heavy atom. The Balaban J connectivity index is -0.00000000167. The van der Waals surface area contributed by atoms with E-state index in [-0.39, 0.29) is 48.7 Å². The van der Waals surface area contributed by atoms with Crippen molar-refractivity contribution in [2.24, 2.45) is 0 Å². The minimum absolute atomic E-state index is 0. The fourth-order valence-electron chi connectivity index (χ4n) is 0. The molecule has 0 aliphatic heterocycles. The Kier molecular flexibility index (Phi) is 1030. The van der Waals surface area contributed by atoms with E-state index in [9.17, 15) is 0 Å². The summed E-state index contributed by atoms with van der Waals surface area (Å²) in [5, 5.41) is 0. The van der Waals surface area contributed by atoms with E-state index < -0.39 is 0 Å². The number of hydrogen-bond donors (Lipinski definition) is 0. The first-order chi connectivity index (χ1) is 1.00. The van der Waals surface area contributed by atoms with Gasteiger partial charge >= 0.3 is 37.7 Å². The maximum absolute atomic E-state index is 4.00. The Morgan fingerprint density at radius 2 is 0.800 bits per heavy atom. The normalized spacial score (nSPS) is 0.400. The van der Waals surface area contributed by atoms with Gasteiger partial charge in [-0.25, -0.2) is 0 Å². The molecule has 0 aromatic carbocycles. The van der Waals surface area contributed by atoms with Crippen LogP contribution in [0.4, 0.5) is 0 Å². The third-order valence-corrected chi connectivity index (χ3v) is 0. The van der Waals surface area contributed by atoms with Crippen molar-refractivity contribution in [3.05, 3.63) is 0 Å². The fraction of sp³-hybridized carbons (Fsp3) is 0. The third kappa shape index (κ3) is 65.0. The summed E-state index contributed by atoms with van der Waals surface area (Å²) in [6.07, 6.45) is 8.00. The van der Waals surface area contributed by atoms with Crippen molar-refractivity contribution in [3.8, 4) is 12.8 Å². The van der Waals surface area contributed by atoms with Crippen molar-refractivity contribution in [2.45, 2.75) is 0 Å². The molecule has 26 valence electrons. The topological polar surface area (TPSA) is 60.0 Å². The first-order valence-electron chi connectivity index (χ1n) is 0.333. The van der Waals surface area contributed by atoms with E-state index in [1.165, 1.54) is 0 Å². The molecule has 0 heterocycles. The van der Waals surface area contributed by atoms with Crippen LogP contribution < -0.4 is 0 Å². The van der Waals surface area contributed by atoms with Gasteiger partial charge in [0.15, 0.2) is 0 Å². The summed E-state index contributed by atoms with van der Waals surface area (Å²) >= 11 is 0. The zero-order chi connectivity index (χ0) is 2.00. The molecule has 2 nitrogen and oxygen atoms in total. The third-order valence-electron chi connectivity index (χ3n) is 0. The van der Waals surface area contributed by atoms with E-state index >= 15 is 0 Å². The molecule has 0 rings (SSSR count). The van der Waals surface area contributed by atoms with Crippen molar-refractivity contribution in [1.82, 2.24) is 0 Å². The minimum atomic E-state index is 0. The second kappa shape index (κ2) is 121. The number of rotatable bonds is 0. The van der Waals surface area contributed by atoms with Gasteiger partial charge < -0.3 is 11.0 Å². The Bertz CT molecular complexity index is 12.4. The molecule has 0 saturated heterocycles. The summed E-state index contributed by atoms with van der Waals surface area (Å²) in [7, 11) is 0. The molecule has 0 aromatic rings. The van der Waals surface area contributed by atoms with Gasteiger partial charge in [0.25, 0.3) is 0 Å². The Hall–Kier alpha value is 0.740. The van der Waals surface area contributed by atoms with Crippen LogP contribution in [0.5, 0.6) is 0 Å². The van der Waals surface area contributed by atoms with E-state index in [0.29, 0.717) is 0 Å². The van der Waals surface area contributed by atoms with E-state index in [1.54, 1.807) is 0 Å². The van der Waals surface area contributed by atoms with Gasteiger partial charge in [-0.2, -0.15) is 0 Å². The monoisotopic (exact) mass is 100.0 g/mol. The average Bonchev–Trinajstić information content (AvgIpc) is 1.00. The smallest absolute Gasteiger partial charge is 0.870 e. The summed E-state index contributed by atoms with van der Waals surface area (Å²) < 4.78 is 0. The molecule has 0 radical (unpaired) electrons. The van der Waals surface area contributed by atoms with E-state index in [1.807, 2.05) is 0 Å². The predicted molar refractivity (Wildman–Crippen MR) is 19.5 cm³/mol. The van der Waals surface area contributed by atoms with Gasteiger partial charge in [-0.15, -0.1) is 12.8 Å². The molecule has 5 heavy (non-hydrogen) atoms. The maximum atomic E-state index is 4.00. The molecule has 0 aliphatic rings. The van der Waals surface area contributed by atoms with Gasteiger partial charge in [-0.05, 0) is 0 Å². The van der Waals surface area contributed by atoms with Crippen molar-refractivity contribution in [3.63, 3.8) is 0 Å². The Labute approximate surface area is 61.2 Å². The van der Waals surface area contributed by atoms with E-state index in [0.717, 1.165) is 0 Å². The molecule has 0 saturated carbocycles. The summed E-state index contributed by atoms with van der Waals surface area (Å²) in [4.78, 5) is 0. The van der Waals surface area contributed by atoms with Crippen LogP contribution in [0.2, 0.25) is 0 Å². The zero-order valence-electron chi connectivity index (χ0n) is 2.76. The molecule has 0 fully saturated rings. The van der Waals surface area contributed by atoms with E-state index in [4.69, 9.17) is 0 Å².